The summed E-state index contributed by atoms with van der Waals surface area (Å²) in [6.07, 6.45) is -3.99. The molecule has 51 heavy (non-hydrogen) atoms. The molecule has 2 atom stereocenters. The highest BCUT2D eigenvalue weighted by molar-refractivity contribution is 6.31. The number of alkyl halides is 3. The van der Waals surface area contributed by atoms with Crippen LogP contribution < -0.4 is 25.5 Å². The van der Waals surface area contributed by atoms with Crippen LogP contribution in [0.5, 0.6) is 0 Å². The molecule has 4 fully saturated rings. The highest BCUT2D eigenvalue weighted by atomic mass is 35.5. The maximum absolute atomic E-state index is 13.7. The molecule has 6 rings (SSSR count). The van der Waals surface area contributed by atoms with E-state index in [4.69, 9.17) is 36.0 Å². The van der Waals surface area contributed by atoms with Gasteiger partial charge in [-0.1, -0.05) is 11.6 Å². The highest BCUT2D eigenvalue weighted by Gasteiger charge is 2.51. The maximum atomic E-state index is 13.7. The fourth-order valence-electron chi connectivity index (χ4n) is 6.06. The van der Waals surface area contributed by atoms with Crippen molar-refractivity contribution >= 4 is 58.8 Å². The maximum Gasteiger partial charge on any atom is 0.417 e. The van der Waals surface area contributed by atoms with Crippen molar-refractivity contribution in [1.82, 2.24) is 20.3 Å². The Bertz CT molecular complexity index is 1620. The number of urea groups is 1. The molecule has 0 radical (unpaired) electrons. The molecule has 4 aliphatic heterocycles. The zero-order valence-electron chi connectivity index (χ0n) is 27.3. The van der Waals surface area contributed by atoms with Gasteiger partial charge in [-0.15, -0.1) is 10.1 Å². The molecule has 4 saturated heterocycles. The van der Waals surface area contributed by atoms with Crippen LogP contribution in [-0.2, 0) is 35.0 Å². The van der Waals surface area contributed by atoms with Crippen LogP contribution in [0.1, 0.15) is 50.5 Å². The Labute approximate surface area is 294 Å². The second kappa shape index (κ2) is 14.9. The van der Waals surface area contributed by atoms with Gasteiger partial charge in [-0.05, 0) is 56.8 Å². The van der Waals surface area contributed by atoms with E-state index in [0.29, 0.717) is 30.8 Å². The van der Waals surface area contributed by atoms with E-state index in [1.54, 1.807) is 0 Å². The molecular formula is C31H36ClF3N8O8. The van der Waals surface area contributed by atoms with Crippen LogP contribution >= 0.6 is 11.6 Å². The number of ether oxygens (including phenoxy) is 1. The average molecular weight is 741 g/mol. The first-order valence-corrected chi connectivity index (χ1v) is 16.9. The van der Waals surface area contributed by atoms with Crippen LogP contribution in [0, 0.1) is 0 Å². The number of carbonyl (C=O) groups excluding carboxylic acids is 4. The van der Waals surface area contributed by atoms with Crippen LogP contribution in [-0.4, -0.2) is 102 Å². The molecule has 20 heteroatoms. The Morgan fingerprint density at radius 1 is 0.922 bits per heavy atom. The van der Waals surface area contributed by atoms with Gasteiger partial charge in [0.2, 0.25) is 12.2 Å². The van der Waals surface area contributed by atoms with Crippen LogP contribution in [0.25, 0.3) is 0 Å². The minimum atomic E-state index is -4.95. The normalized spacial score (nSPS) is 23.0. The van der Waals surface area contributed by atoms with E-state index in [9.17, 15) is 37.5 Å². The van der Waals surface area contributed by atoms with Gasteiger partial charge in [-0.2, -0.15) is 23.1 Å². The third kappa shape index (κ3) is 8.31. The van der Waals surface area contributed by atoms with E-state index in [-0.39, 0.29) is 23.2 Å². The fourth-order valence-corrected chi connectivity index (χ4v) is 6.29. The zero-order valence-corrected chi connectivity index (χ0v) is 28.0. The number of fused-ring (bicyclic) bond motifs is 3. The number of esters is 1. The van der Waals surface area contributed by atoms with Crippen molar-refractivity contribution in [3.63, 3.8) is 0 Å². The predicted octanol–water partition coefficient (Wildman–Crippen LogP) is 2.99. The minimum absolute atomic E-state index is 0.136. The number of aromatic nitrogens is 2. The molecule has 0 aliphatic carbocycles. The second-order valence-corrected chi connectivity index (χ2v) is 12.9. The largest absolute Gasteiger partial charge is 0.437 e. The summed E-state index contributed by atoms with van der Waals surface area (Å²) in [5.41, 5.74) is -4.77. The van der Waals surface area contributed by atoms with Crippen LogP contribution in [0.4, 0.5) is 41.2 Å². The molecule has 2 unspecified atom stereocenters. The Balaban J connectivity index is 1.14. The SMILES string of the molecule is O=C1CC2(O)CC(=O)ON(c3ccc(Cl)c(C(F)(F)F)c3)C(=O)N(OC2=O)C(CNCCCNc2cc(N3CCCC3)nc(N3CCCC3)n2)O1. The van der Waals surface area contributed by atoms with Crippen LogP contribution in [0.2, 0.25) is 5.02 Å². The summed E-state index contributed by atoms with van der Waals surface area (Å²) in [7, 11) is 0. The Kier molecular flexibility index (Phi) is 10.6. The number of anilines is 4. The third-order valence-corrected chi connectivity index (χ3v) is 9.01. The number of hydroxylamine groups is 3. The molecule has 16 nitrogen and oxygen atoms in total. The molecule has 3 N–H and O–H groups in total. The Hall–Kier alpha value is -4.62. The number of halogens is 4. The van der Waals surface area contributed by atoms with Crippen molar-refractivity contribution in [2.24, 2.45) is 0 Å². The lowest BCUT2D eigenvalue weighted by molar-refractivity contribution is -0.242. The van der Waals surface area contributed by atoms with Crippen molar-refractivity contribution in [3.05, 3.63) is 34.9 Å². The second-order valence-electron chi connectivity index (χ2n) is 12.5. The van der Waals surface area contributed by atoms with E-state index in [2.05, 4.69) is 20.4 Å². The fraction of sp³-hybridized carbons (Fsp3) is 0.548. The Morgan fingerprint density at radius 3 is 2.31 bits per heavy atom. The number of nitrogens with zero attached hydrogens (tertiary/aromatic N) is 6. The van der Waals surface area contributed by atoms with Gasteiger partial charge in [0.25, 0.3) is 0 Å². The highest BCUT2D eigenvalue weighted by Crippen LogP contribution is 2.38. The monoisotopic (exact) mass is 740 g/mol. The van der Waals surface area contributed by atoms with E-state index in [1.807, 2.05) is 6.07 Å². The number of rotatable bonds is 10. The van der Waals surface area contributed by atoms with Crippen molar-refractivity contribution in [2.75, 3.05) is 66.0 Å². The van der Waals surface area contributed by atoms with Crippen LogP contribution in [0.3, 0.4) is 0 Å². The first-order valence-electron chi connectivity index (χ1n) is 16.5. The van der Waals surface area contributed by atoms with Gasteiger partial charge in [0.05, 0.1) is 35.7 Å². The summed E-state index contributed by atoms with van der Waals surface area (Å²) in [6, 6.07) is 2.63. The zero-order chi connectivity index (χ0) is 36.3. The first-order chi connectivity index (χ1) is 24.3. The van der Waals surface area contributed by atoms with E-state index >= 15 is 0 Å². The first kappa shape index (κ1) is 36.2. The van der Waals surface area contributed by atoms with Crippen molar-refractivity contribution in [1.29, 1.82) is 0 Å². The van der Waals surface area contributed by atoms with Gasteiger partial charge >= 0.3 is 30.1 Å². The third-order valence-electron chi connectivity index (χ3n) is 8.68. The molecule has 0 saturated carbocycles. The molecule has 2 bridgehead atoms. The van der Waals surface area contributed by atoms with Crippen molar-refractivity contribution < 1.29 is 51.9 Å². The van der Waals surface area contributed by atoms with Crippen molar-refractivity contribution in [3.8, 4) is 0 Å². The smallest absolute Gasteiger partial charge is 0.417 e. The number of aliphatic hydroxyl groups is 1. The molecule has 0 spiro atoms. The van der Waals surface area contributed by atoms with E-state index < -0.39 is 71.1 Å². The number of nitrogens with one attached hydrogen (secondary N) is 2. The number of carbonyl (C=O) groups is 4. The van der Waals surface area contributed by atoms with Crippen molar-refractivity contribution in [2.45, 2.75) is 63.0 Å². The van der Waals surface area contributed by atoms with Gasteiger partial charge in [0.1, 0.15) is 11.6 Å². The molecule has 1 aromatic heterocycles. The van der Waals surface area contributed by atoms with Gasteiger partial charge in [-0.25, -0.2) is 14.4 Å². The molecule has 1 aromatic carbocycles. The number of benzene rings is 1. The van der Waals surface area contributed by atoms with Crippen LogP contribution in [0.15, 0.2) is 24.3 Å². The van der Waals surface area contributed by atoms with Gasteiger partial charge in [0, 0.05) is 38.8 Å². The molecular weight excluding hydrogens is 705 g/mol. The van der Waals surface area contributed by atoms with Gasteiger partial charge < -0.3 is 40.0 Å². The van der Waals surface area contributed by atoms with Gasteiger partial charge in [-0.3, -0.25) is 4.79 Å². The van der Waals surface area contributed by atoms with E-state index in [0.717, 1.165) is 69.8 Å². The molecule has 276 valence electrons. The lowest BCUT2D eigenvalue weighted by Gasteiger charge is -2.35. The van der Waals surface area contributed by atoms with E-state index in [1.165, 1.54) is 0 Å². The summed E-state index contributed by atoms with van der Waals surface area (Å²) >= 11 is 5.72. The quantitative estimate of drug-likeness (QED) is 0.239. The summed E-state index contributed by atoms with van der Waals surface area (Å²) < 4.78 is 46.3. The predicted molar refractivity (Wildman–Crippen MR) is 173 cm³/mol. The summed E-state index contributed by atoms with van der Waals surface area (Å²) in [5.74, 6) is -1.92. The number of hydrogen-bond acceptors (Lipinski definition) is 14. The molecule has 2 amide bonds. The lowest BCUT2D eigenvalue weighted by Crippen LogP contribution is -2.57. The molecule has 5 heterocycles. The number of hydrogen-bond donors (Lipinski definition) is 3. The summed E-state index contributed by atoms with van der Waals surface area (Å²) in [6.45, 7) is 4.05. The average Bonchev–Trinajstić information content (AvgIpc) is 3.82. The Morgan fingerprint density at radius 2 is 1.61 bits per heavy atom. The minimum Gasteiger partial charge on any atom is -0.437 e. The topological polar surface area (TPSA) is 179 Å². The summed E-state index contributed by atoms with van der Waals surface area (Å²) in [4.78, 5) is 76.3. The number of cyclic esters (lactones) is 1. The lowest BCUT2D eigenvalue weighted by atomic mass is 9.95. The molecule has 2 aromatic rings. The standard InChI is InChI=1S/C31H36ClF3N8O8/c32-21-7-6-19(14-20(21)31(33,34)35)42-29(47)43-24(49-25(44)16-30(48,27(46)51-43)17-26(45)50-42)18-36-8-5-9-37-22-15-23(40-10-1-2-11-40)39-28(38-22)41-12-3-4-13-41/h6-7,14-15,24,36,48H,1-5,8-13,16-18H2,(H,37,38,39). The summed E-state index contributed by atoms with van der Waals surface area (Å²) in [5, 5.41) is 16.8. The molecule has 4 aliphatic rings. The number of amides is 2. The van der Waals surface area contributed by atoms with Gasteiger partial charge in [0.15, 0.2) is 5.60 Å².